The van der Waals surface area contributed by atoms with Crippen LogP contribution in [0.15, 0.2) is 54.9 Å². The van der Waals surface area contributed by atoms with Gasteiger partial charge in [-0.3, -0.25) is 4.98 Å². The van der Waals surface area contributed by atoms with Crippen molar-refractivity contribution in [1.82, 2.24) is 4.98 Å². The third kappa shape index (κ3) is 2.32. The minimum Gasteiger partial charge on any atom is -0.378 e. The molecule has 0 saturated heterocycles. The molecule has 0 atom stereocenters. The molecule has 0 bridgehead atoms. The summed E-state index contributed by atoms with van der Waals surface area (Å²) in [6.45, 7) is 0.384. The zero-order valence-corrected chi connectivity index (χ0v) is 10.6. The summed E-state index contributed by atoms with van der Waals surface area (Å²) in [7, 11) is 0. The van der Waals surface area contributed by atoms with Crippen molar-refractivity contribution in [2.24, 2.45) is 0 Å². The maximum absolute atomic E-state index is 13.6. The highest BCUT2D eigenvalue weighted by molar-refractivity contribution is 5.84. The van der Waals surface area contributed by atoms with Gasteiger partial charge >= 0.3 is 0 Å². The Balaban J connectivity index is 1.89. The van der Waals surface area contributed by atoms with Gasteiger partial charge in [0.2, 0.25) is 0 Å². The van der Waals surface area contributed by atoms with E-state index in [4.69, 9.17) is 0 Å². The van der Waals surface area contributed by atoms with Gasteiger partial charge in [0.1, 0.15) is 0 Å². The number of nitrogens with zero attached hydrogens (tertiary/aromatic N) is 1. The van der Waals surface area contributed by atoms with E-state index in [1.165, 1.54) is 12.1 Å². The standard InChI is InChI=1S/C16H12F2N2/c17-14-6-3-7-15(16(14)18)20-10-12-9-19-8-11-4-1-2-5-13(11)12/h1-9,20H,10H2. The number of rotatable bonds is 3. The molecule has 0 aliphatic heterocycles. The summed E-state index contributed by atoms with van der Waals surface area (Å²) in [5.74, 6) is -1.72. The summed E-state index contributed by atoms with van der Waals surface area (Å²) in [6.07, 6.45) is 3.51. The van der Waals surface area contributed by atoms with E-state index in [0.717, 1.165) is 22.4 Å². The van der Waals surface area contributed by atoms with Crippen LogP contribution < -0.4 is 5.32 Å². The van der Waals surface area contributed by atoms with Crippen LogP contribution in [0.1, 0.15) is 5.56 Å². The molecule has 0 aliphatic rings. The number of hydrogen-bond acceptors (Lipinski definition) is 2. The summed E-state index contributed by atoms with van der Waals surface area (Å²) in [4.78, 5) is 4.16. The fraction of sp³-hybridized carbons (Fsp3) is 0.0625. The molecule has 4 heteroatoms. The van der Waals surface area contributed by atoms with Crippen LogP contribution in [0.25, 0.3) is 10.8 Å². The van der Waals surface area contributed by atoms with Gasteiger partial charge in [-0.2, -0.15) is 0 Å². The Morgan fingerprint density at radius 2 is 1.80 bits per heavy atom. The number of anilines is 1. The lowest BCUT2D eigenvalue weighted by atomic mass is 10.1. The number of halogens is 2. The van der Waals surface area contributed by atoms with Crippen molar-refractivity contribution in [3.63, 3.8) is 0 Å². The van der Waals surface area contributed by atoms with E-state index in [1.54, 1.807) is 12.4 Å². The van der Waals surface area contributed by atoms with E-state index in [9.17, 15) is 8.78 Å². The van der Waals surface area contributed by atoms with Gasteiger partial charge in [0.05, 0.1) is 5.69 Å². The first-order valence-electron chi connectivity index (χ1n) is 6.25. The predicted octanol–water partition coefficient (Wildman–Crippen LogP) is 4.13. The van der Waals surface area contributed by atoms with Gasteiger partial charge in [-0.1, -0.05) is 30.3 Å². The second-order valence-electron chi connectivity index (χ2n) is 4.47. The number of hydrogen-bond donors (Lipinski definition) is 1. The first kappa shape index (κ1) is 12.5. The van der Waals surface area contributed by atoms with Gasteiger partial charge in [0.25, 0.3) is 0 Å². The Morgan fingerprint density at radius 1 is 0.950 bits per heavy atom. The second kappa shape index (κ2) is 5.25. The zero-order valence-electron chi connectivity index (χ0n) is 10.6. The number of fused-ring (bicyclic) bond motifs is 1. The fourth-order valence-electron chi connectivity index (χ4n) is 2.15. The van der Waals surface area contributed by atoms with Gasteiger partial charge in [0, 0.05) is 24.3 Å². The van der Waals surface area contributed by atoms with Gasteiger partial charge in [0.15, 0.2) is 11.6 Å². The number of pyridine rings is 1. The van der Waals surface area contributed by atoms with Crippen molar-refractivity contribution in [3.8, 4) is 0 Å². The molecule has 1 aromatic heterocycles. The second-order valence-corrected chi connectivity index (χ2v) is 4.47. The van der Waals surface area contributed by atoms with Crippen LogP contribution in [0.3, 0.4) is 0 Å². The van der Waals surface area contributed by atoms with Gasteiger partial charge in [-0.05, 0) is 23.1 Å². The molecule has 3 rings (SSSR count). The van der Waals surface area contributed by atoms with Crippen LogP contribution in [-0.2, 0) is 6.54 Å². The smallest absolute Gasteiger partial charge is 0.181 e. The minimum atomic E-state index is -0.860. The highest BCUT2D eigenvalue weighted by Crippen LogP contribution is 2.20. The summed E-state index contributed by atoms with van der Waals surface area (Å²) < 4.78 is 26.7. The molecule has 20 heavy (non-hydrogen) atoms. The van der Waals surface area contributed by atoms with Crippen molar-refractivity contribution in [2.75, 3.05) is 5.32 Å². The molecule has 0 unspecified atom stereocenters. The number of nitrogens with one attached hydrogen (secondary N) is 1. The van der Waals surface area contributed by atoms with Gasteiger partial charge < -0.3 is 5.32 Å². The monoisotopic (exact) mass is 270 g/mol. The summed E-state index contributed by atoms with van der Waals surface area (Å²) in [5, 5.41) is 4.98. The van der Waals surface area contributed by atoms with Crippen molar-refractivity contribution in [2.45, 2.75) is 6.54 Å². The van der Waals surface area contributed by atoms with Crippen LogP contribution in [-0.4, -0.2) is 4.98 Å². The highest BCUT2D eigenvalue weighted by Gasteiger charge is 2.07. The molecule has 0 aliphatic carbocycles. The maximum atomic E-state index is 13.6. The fourth-order valence-corrected chi connectivity index (χ4v) is 2.15. The third-order valence-corrected chi connectivity index (χ3v) is 3.17. The Hall–Kier alpha value is -2.49. The minimum absolute atomic E-state index is 0.151. The van der Waals surface area contributed by atoms with Crippen LogP contribution in [0.2, 0.25) is 0 Å². The van der Waals surface area contributed by atoms with Crippen molar-refractivity contribution in [1.29, 1.82) is 0 Å². The quantitative estimate of drug-likeness (QED) is 0.774. The van der Waals surface area contributed by atoms with Crippen molar-refractivity contribution in [3.05, 3.63) is 72.1 Å². The molecule has 1 N–H and O–H groups in total. The van der Waals surface area contributed by atoms with Gasteiger partial charge in [-0.25, -0.2) is 8.78 Å². The average molecular weight is 270 g/mol. The maximum Gasteiger partial charge on any atom is 0.181 e. The molecule has 2 aromatic carbocycles. The molecule has 1 heterocycles. The highest BCUT2D eigenvalue weighted by atomic mass is 19.2. The topological polar surface area (TPSA) is 24.9 Å². The molecule has 0 radical (unpaired) electrons. The van der Waals surface area contributed by atoms with E-state index in [1.807, 2.05) is 24.3 Å². The lowest BCUT2D eigenvalue weighted by molar-refractivity contribution is 0.511. The number of benzene rings is 2. The normalized spacial score (nSPS) is 10.7. The van der Waals surface area contributed by atoms with E-state index >= 15 is 0 Å². The predicted molar refractivity (Wildman–Crippen MR) is 75.4 cm³/mol. The van der Waals surface area contributed by atoms with Crippen molar-refractivity contribution >= 4 is 16.5 Å². The summed E-state index contributed by atoms with van der Waals surface area (Å²) in [6, 6.07) is 11.9. The Labute approximate surface area is 115 Å². The summed E-state index contributed by atoms with van der Waals surface area (Å²) >= 11 is 0. The lowest BCUT2D eigenvalue weighted by Gasteiger charge is -2.10. The first-order valence-corrected chi connectivity index (χ1v) is 6.25. The molecule has 3 aromatic rings. The SMILES string of the molecule is Fc1cccc(NCc2cncc3ccccc23)c1F. The molecule has 0 spiro atoms. The van der Waals surface area contributed by atoms with Crippen molar-refractivity contribution < 1.29 is 8.78 Å². The largest absolute Gasteiger partial charge is 0.378 e. The van der Waals surface area contributed by atoms with Gasteiger partial charge in [-0.15, -0.1) is 0 Å². The molecular weight excluding hydrogens is 258 g/mol. The van der Waals surface area contributed by atoms with Crippen LogP contribution >= 0.6 is 0 Å². The summed E-state index contributed by atoms with van der Waals surface area (Å²) in [5.41, 5.74) is 1.09. The van der Waals surface area contributed by atoms with Crippen LogP contribution in [0, 0.1) is 11.6 Å². The number of aromatic nitrogens is 1. The molecule has 0 fully saturated rings. The van der Waals surface area contributed by atoms with E-state index in [-0.39, 0.29) is 5.69 Å². The molecule has 0 amide bonds. The van der Waals surface area contributed by atoms with E-state index < -0.39 is 11.6 Å². The Bertz CT molecular complexity index is 751. The molecular formula is C16H12F2N2. The van der Waals surface area contributed by atoms with E-state index in [2.05, 4.69) is 10.3 Å². The Morgan fingerprint density at radius 3 is 2.70 bits per heavy atom. The van der Waals surface area contributed by atoms with E-state index in [0.29, 0.717) is 6.54 Å². The average Bonchev–Trinajstić information content (AvgIpc) is 2.49. The molecule has 100 valence electrons. The molecule has 0 saturated carbocycles. The first-order chi connectivity index (χ1) is 9.75. The molecule has 2 nitrogen and oxygen atoms in total. The lowest BCUT2D eigenvalue weighted by Crippen LogP contribution is -2.03. The zero-order chi connectivity index (χ0) is 13.9. The van der Waals surface area contributed by atoms with Crippen LogP contribution in [0.4, 0.5) is 14.5 Å². The third-order valence-electron chi connectivity index (χ3n) is 3.17. The van der Waals surface area contributed by atoms with Crippen LogP contribution in [0.5, 0.6) is 0 Å². The Kier molecular flexibility index (Phi) is 3.29.